The van der Waals surface area contributed by atoms with E-state index in [1.54, 1.807) is 6.07 Å². The van der Waals surface area contributed by atoms with Crippen molar-refractivity contribution in [3.8, 4) is 0 Å². The second-order valence-corrected chi connectivity index (χ2v) is 8.72. The van der Waals surface area contributed by atoms with Crippen LogP contribution in [0.3, 0.4) is 0 Å². The first-order valence-electron chi connectivity index (χ1n) is 10.1. The molecule has 8 nitrogen and oxygen atoms in total. The van der Waals surface area contributed by atoms with Crippen LogP contribution in [0.2, 0.25) is 0 Å². The molecule has 0 radical (unpaired) electrons. The fraction of sp³-hybridized carbons (Fsp3) is 0.545. The Morgan fingerprint density at radius 3 is 2.53 bits per heavy atom. The maximum atomic E-state index is 12.6. The number of aromatic nitrogens is 1. The minimum absolute atomic E-state index is 0.000719. The van der Waals surface area contributed by atoms with E-state index in [-0.39, 0.29) is 12.7 Å². The van der Waals surface area contributed by atoms with Gasteiger partial charge in [-0.15, -0.1) is 0 Å². The van der Waals surface area contributed by atoms with Gasteiger partial charge in [0.15, 0.2) is 17.9 Å². The third-order valence-electron chi connectivity index (χ3n) is 5.46. The first-order valence-corrected chi connectivity index (χ1v) is 10.1. The van der Waals surface area contributed by atoms with Gasteiger partial charge in [0.25, 0.3) is 0 Å². The zero-order chi connectivity index (χ0) is 21.1. The van der Waals surface area contributed by atoms with Gasteiger partial charge in [-0.1, -0.05) is 18.2 Å². The van der Waals surface area contributed by atoms with Gasteiger partial charge in [-0.25, -0.2) is 4.79 Å². The molecule has 3 aliphatic rings. The summed E-state index contributed by atoms with van der Waals surface area (Å²) in [6, 6.07) is 9.36. The molecule has 0 saturated carbocycles. The minimum atomic E-state index is -0.797. The van der Waals surface area contributed by atoms with E-state index in [0.29, 0.717) is 5.56 Å². The zero-order valence-electron chi connectivity index (χ0n) is 17.4. The Bertz CT molecular complexity index is 975. The van der Waals surface area contributed by atoms with E-state index in [1.165, 1.54) is 6.20 Å². The fourth-order valence-electron chi connectivity index (χ4n) is 4.25. The van der Waals surface area contributed by atoms with Gasteiger partial charge in [0.1, 0.15) is 31.0 Å². The summed E-state index contributed by atoms with van der Waals surface area (Å²) in [5.74, 6) is -2.07. The van der Waals surface area contributed by atoms with E-state index in [0.717, 1.165) is 10.9 Å². The van der Waals surface area contributed by atoms with E-state index in [4.69, 9.17) is 28.4 Å². The van der Waals surface area contributed by atoms with E-state index in [2.05, 4.69) is 4.98 Å². The van der Waals surface area contributed by atoms with Crippen molar-refractivity contribution < 1.29 is 33.2 Å². The average molecular weight is 415 g/mol. The largest absolute Gasteiger partial charge is 0.459 e. The summed E-state index contributed by atoms with van der Waals surface area (Å²) in [5.41, 5.74) is 1.20. The average Bonchev–Trinajstić information content (AvgIpc) is 3.19. The van der Waals surface area contributed by atoms with Crippen molar-refractivity contribution in [2.45, 2.75) is 70.0 Å². The topological polar surface area (TPSA) is 85.3 Å². The molecule has 160 valence electrons. The molecule has 3 aliphatic heterocycles. The third-order valence-corrected chi connectivity index (χ3v) is 5.46. The van der Waals surface area contributed by atoms with Crippen LogP contribution in [0.5, 0.6) is 0 Å². The molecule has 1 aromatic heterocycles. The molecule has 5 atom stereocenters. The van der Waals surface area contributed by atoms with Crippen LogP contribution in [0.1, 0.15) is 38.1 Å². The number of hydrogen-bond acceptors (Lipinski definition) is 8. The molecule has 3 saturated heterocycles. The SMILES string of the molecule is CC1(C)O[C@H]2[C@@H](O1)[C@@H](COC(=O)c1cnc3ccccc3c1)O[C@@H]1OC(C)(C)O[C@@H]12. The maximum Gasteiger partial charge on any atom is 0.339 e. The zero-order valence-corrected chi connectivity index (χ0v) is 17.4. The molecule has 0 unspecified atom stereocenters. The molecule has 30 heavy (non-hydrogen) atoms. The first kappa shape index (κ1) is 19.8. The van der Waals surface area contributed by atoms with Crippen molar-refractivity contribution >= 4 is 16.9 Å². The van der Waals surface area contributed by atoms with Crippen molar-refractivity contribution in [3.05, 3.63) is 42.1 Å². The molecule has 0 spiro atoms. The number of esters is 1. The Hall–Kier alpha value is -2.10. The molecule has 8 heteroatoms. The van der Waals surface area contributed by atoms with E-state index >= 15 is 0 Å². The summed E-state index contributed by atoms with van der Waals surface area (Å²) < 4.78 is 35.6. The van der Waals surface area contributed by atoms with Crippen molar-refractivity contribution in [2.24, 2.45) is 0 Å². The standard InChI is InChI=1S/C22H25NO7/c1-21(2)27-16-15(26-20-18(17(16)28-21)29-22(3,4)30-20)11-25-19(24)13-9-12-7-5-6-8-14(12)23-10-13/h5-10,15-18,20H,11H2,1-4H3/t15-,16+,17+,18-,20-/m1/s1. The highest BCUT2D eigenvalue weighted by Crippen LogP contribution is 2.44. The molecule has 5 rings (SSSR count). The van der Waals surface area contributed by atoms with Gasteiger partial charge in [-0.3, -0.25) is 4.98 Å². The lowest BCUT2D eigenvalue weighted by atomic mass is 9.99. The number of carbonyl (C=O) groups excluding carboxylic acids is 1. The second-order valence-electron chi connectivity index (χ2n) is 8.72. The molecule has 1 aromatic carbocycles. The predicted molar refractivity (Wildman–Crippen MR) is 105 cm³/mol. The summed E-state index contributed by atoms with van der Waals surface area (Å²) in [4.78, 5) is 17.0. The highest BCUT2D eigenvalue weighted by atomic mass is 16.9. The van der Waals surface area contributed by atoms with Crippen LogP contribution in [0.15, 0.2) is 36.5 Å². The highest BCUT2D eigenvalue weighted by molar-refractivity contribution is 5.93. The second kappa shape index (κ2) is 6.96. The molecule has 2 aromatic rings. The molecule has 0 bridgehead atoms. The Kier molecular flexibility index (Phi) is 4.61. The van der Waals surface area contributed by atoms with Gasteiger partial charge in [-0.05, 0) is 39.8 Å². The van der Waals surface area contributed by atoms with Gasteiger partial charge in [0, 0.05) is 11.6 Å². The van der Waals surface area contributed by atoms with Crippen LogP contribution >= 0.6 is 0 Å². The number of ether oxygens (including phenoxy) is 6. The van der Waals surface area contributed by atoms with Gasteiger partial charge < -0.3 is 28.4 Å². The highest BCUT2D eigenvalue weighted by Gasteiger charge is 2.60. The summed E-state index contributed by atoms with van der Waals surface area (Å²) >= 11 is 0. The van der Waals surface area contributed by atoms with Gasteiger partial charge >= 0.3 is 5.97 Å². The molecular weight excluding hydrogens is 390 g/mol. The van der Waals surface area contributed by atoms with Gasteiger partial charge in [-0.2, -0.15) is 0 Å². The number of hydrogen-bond donors (Lipinski definition) is 0. The van der Waals surface area contributed by atoms with Crippen molar-refractivity contribution in [2.75, 3.05) is 6.61 Å². The fourth-order valence-corrected chi connectivity index (χ4v) is 4.25. The molecule has 0 aliphatic carbocycles. The van der Waals surface area contributed by atoms with Crippen molar-refractivity contribution in [1.82, 2.24) is 4.98 Å². The molecule has 4 heterocycles. The quantitative estimate of drug-likeness (QED) is 0.708. The number of pyridine rings is 1. The Balaban J connectivity index is 1.31. The number of benzene rings is 1. The summed E-state index contributed by atoms with van der Waals surface area (Å²) in [6.45, 7) is 7.33. The lowest BCUT2D eigenvalue weighted by Gasteiger charge is -2.36. The van der Waals surface area contributed by atoms with E-state index in [9.17, 15) is 4.79 Å². The summed E-state index contributed by atoms with van der Waals surface area (Å²) in [6.07, 6.45) is -0.895. The molecule has 0 amide bonds. The smallest absolute Gasteiger partial charge is 0.339 e. The van der Waals surface area contributed by atoms with Crippen LogP contribution < -0.4 is 0 Å². The first-order chi connectivity index (χ1) is 14.2. The van der Waals surface area contributed by atoms with Crippen LogP contribution in [0.4, 0.5) is 0 Å². The summed E-state index contributed by atoms with van der Waals surface area (Å²) in [7, 11) is 0. The number of carbonyl (C=O) groups is 1. The van der Waals surface area contributed by atoms with Crippen LogP contribution in [0, 0.1) is 0 Å². The Morgan fingerprint density at radius 1 is 1.00 bits per heavy atom. The van der Waals surface area contributed by atoms with Crippen LogP contribution in [-0.2, 0) is 28.4 Å². The minimum Gasteiger partial charge on any atom is -0.459 e. The van der Waals surface area contributed by atoms with E-state index in [1.807, 2.05) is 52.0 Å². The van der Waals surface area contributed by atoms with Crippen LogP contribution in [0.25, 0.3) is 10.9 Å². The lowest BCUT2D eigenvalue weighted by Crippen LogP contribution is -2.56. The summed E-state index contributed by atoms with van der Waals surface area (Å²) in [5, 5.41) is 0.872. The molecule has 3 fully saturated rings. The van der Waals surface area contributed by atoms with Crippen molar-refractivity contribution in [1.29, 1.82) is 0 Å². The molecule has 0 N–H and O–H groups in total. The number of rotatable bonds is 3. The van der Waals surface area contributed by atoms with Crippen molar-refractivity contribution in [3.63, 3.8) is 0 Å². The monoisotopic (exact) mass is 415 g/mol. The van der Waals surface area contributed by atoms with E-state index < -0.39 is 42.1 Å². The normalized spacial score (nSPS) is 33.8. The van der Waals surface area contributed by atoms with Gasteiger partial charge in [0.05, 0.1) is 11.1 Å². The Morgan fingerprint density at radius 2 is 1.70 bits per heavy atom. The Labute approximate surface area is 174 Å². The predicted octanol–water partition coefficient (Wildman–Crippen LogP) is 2.79. The number of para-hydroxylation sites is 1. The maximum absolute atomic E-state index is 12.6. The third kappa shape index (κ3) is 3.59. The number of nitrogens with zero attached hydrogens (tertiary/aromatic N) is 1. The van der Waals surface area contributed by atoms with Gasteiger partial charge in [0.2, 0.25) is 0 Å². The molecular formula is C22H25NO7. The lowest BCUT2D eigenvalue weighted by molar-refractivity contribution is -0.240. The number of fused-ring (bicyclic) bond motifs is 4. The van der Waals surface area contributed by atoms with Crippen LogP contribution in [-0.4, -0.2) is 59.8 Å².